The van der Waals surface area contributed by atoms with E-state index in [4.69, 9.17) is 0 Å². The van der Waals surface area contributed by atoms with Crippen LogP contribution in [0.25, 0.3) is 0 Å². The minimum Gasteiger partial charge on any atom is -0.549 e. The quantitative estimate of drug-likeness (QED) is 0.638. The van der Waals surface area contributed by atoms with Crippen LogP contribution in [0.4, 0.5) is 0 Å². The molecule has 1 rings (SSSR count). The van der Waals surface area contributed by atoms with E-state index in [1.165, 1.54) is 6.92 Å². The van der Waals surface area contributed by atoms with E-state index in [-0.39, 0.29) is 12.2 Å². The van der Waals surface area contributed by atoms with Crippen LogP contribution in [0.2, 0.25) is 0 Å². The molecule has 1 aromatic carbocycles. The fourth-order valence-corrected chi connectivity index (χ4v) is 1.24. The number of carboxylic acid groups (broad SMARTS) is 1. The van der Waals surface area contributed by atoms with Crippen LogP contribution >= 0.6 is 0 Å². The molecular weight excluding hydrogens is 180 g/mol. The zero-order valence-corrected chi connectivity index (χ0v) is 7.90. The lowest BCUT2D eigenvalue weighted by molar-refractivity contribution is -0.309. The Morgan fingerprint density at radius 1 is 1.29 bits per heavy atom. The van der Waals surface area contributed by atoms with E-state index in [0.29, 0.717) is 0 Å². The van der Waals surface area contributed by atoms with Crippen molar-refractivity contribution in [1.82, 2.24) is 0 Å². The first kappa shape index (κ1) is 10.4. The molecule has 0 bridgehead atoms. The molecule has 0 aliphatic carbocycles. The molecule has 0 radical (unpaired) electrons. The van der Waals surface area contributed by atoms with E-state index in [1.54, 1.807) is 12.1 Å². The zero-order valence-electron chi connectivity index (χ0n) is 7.90. The third-order valence-electron chi connectivity index (χ3n) is 2.06. The highest BCUT2D eigenvalue weighted by Crippen LogP contribution is 2.08. The fraction of sp³-hybridized carbons (Fsp3) is 0.273. The Morgan fingerprint density at radius 3 is 2.29 bits per heavy atom. The molecule has 0 aromatic heterocycles. The van der Waals surface area contributed by atoms with E-state index in [2.05, 4.69) is 0 Å². The molecular formula is C11H11O3-. The number of carboxylic acids is 1. The van der Waals surface area contributed by atoms with Crippen molar-refractivity contribution in [3.05, 3.63) is 35.9 Å². The number of benzene rings is 1. The van der Waals surface area contributed by atoms with Gasteiger partial charge in [-0.15, -0.1) is 0 Å². The third-order valence-corrected chi connectivity index (χ3v) is 2.06. The molecule has 0 heterocycles. The summed E-state index contributed by atoms with van der Waals surface area (Å²) in [6, 6.07) is 9.03. The lowest BCUT2D eigenvalue weighted by Gasteiger charge is -2.14. The Kier molecular flexibility index (Phi) is 3.40. The van der Waals surface area contributed by atoms with Crippen molar-refractivity contribution in [3.63, 3.8) is 0 Å². The van der Waals surface area contributed by atoms with E-state index >= 15 is 0 Å². The van der Waals surface area contributed by atoms with Crippen LogP contribution in [0, 0.1) is 5.92 Å². The number of aliphatic carboxylic acids is 1. The van der Waals surface area contributed by atoms with Crippen molar-refractivity contribution in [2.45, 2.75) is 13.3 Å². The number of carbonyl (C=O) groups is 2. The molecule has 1 aromatic rings. The van der Waals surface area contributed by atoms with Gasteiger partial charge in [0.1, 0.15) is 5.78 Å². The van der Waals surface area contributed by atoms with Crippen molar-refractivity contribution in [2.75, 3.05) is 0 Å². The van der Waals surface area contributed by atoms with Gasteiger partial charge in [0.2, 0.25) is 0 Å². The molecule has 3 heteroatoms. The molecule has 0 spiro atoms. The summed E-state index contributed by atoms with van der Waals surface area (Å²) in [6.45, 7) is 1.27. The minimum atomic E-state index is -1.30. The molecule has 0 N–H and O–H groups in total. The summed E-state index contributed by atoms with van der Waals surface area (Å²) >= 11 is 0. The van der Waals surface area contributed by atoms with Crippen molar-refractivity contribution in [1.29, 1.82) is 0 Å². The van der Waals surface area contributed by atoms with Gasteiger partial charge in [-0.1, -0.05) is 30.3 Å². The molecule has 1 unspecified atom stereocenters. The SMILES string of the molecule is CC(=O)C(Cc1ccccc1)C(=O)[O-]. The second kappa shape index (κ2) is 4.56. The van der Waals surface area contributed by atoms with Gasteiger partial charge in [0.25, 0.3) is 0 Å². The molecule has 0 aliphatic heterocycles. The number of Topliss-reactive ketones (excluding diaryl/α,β-unsaturated/α-hetero) is 1. The van der Waals surface area contributed by atoms with Gasteiger partial charge in [-0.25, -0.2) is 0 Å². The van der Waals surface area contributed by atoms with Crippen LogP contribution in [0.5, 0.6) is 0 Å². The maximum absolute atomic E-state index is 11.0. The highest BCUT2D eigenvalue weighted by molar-refractivity contribution is 5.96. The summed E-state index contributed by atoms with van der Waals surface area (Å²) in [7, 11) is 0. The van der Waals surface area contributed by atoms with Crippen LogP contribution in [-0.4, -0.2) is 11.8 Å². The average molecular weight is 191 g/mol. The molecule has 1 atom stereocenters. The maximum atomic E-state index is 11.0. The van der Waals surface area contributed by atoms with Crippen LogP contribution < -0.4 is 5.11 Å². The summed E-state index contributed by atoms with van der Waals surface area (Å²) < 4.78 is 0. The fourth-order valence-electron chi connectivity index (χ4n) is 1.24. The van der Waals surface area contributed by atoms with Gasteiger partial charge in [-0.3, -0.25) is 4.79 Å². The van der Waals surface area contributed by atoms with Crippen molar-refractivity contribution in [2.24, 2.45) is 5.92 Å². The summed E-state index contributed by atoms with van der Waals surface area (Å²) in [4.78, 5) is 21.6. The molecule has 74 valence electrons. The summed E-state index contributed by atoms with van der Waals surface area (Å²) in [6.07, 6.45) is 0.207. The lowest BCUT2D eigenvalue weighted by atomic mass is 9.96. The molecule has 0 saturated heterocycles. The normalized spacial score (nSPS) is 12.1. The Morgan fingerprint density at radius 2 is 1.86 bits per heavy atom. The number of hydrogen-bond donors (Lipinski definition) is 0. The molecule has 0 fully saturated rings. The summed E-state index contributed by atoms with van der Waals surface area (Å²) in [5.41, 5.74) is 0.830. The van der Waals surface area contributed by atoms with Crippen LogP contribution in [-0.2, 0) is 16.0 Å². The lowest BCUT2D eigenvalue weighted by Crippen LogP contribution is -2.36. The average Bonchev–Trinajstić information content (AvgIpc) is 2.15. The van der Waals surface area contributed by atoms with Crippen molar-refractivity contribution >= 4 is 11.8 Å². The predicted octanol–water partition coefficient (Wildman–Crippen LogP) is 0.184. The number of carbonyl (C=O) groups excluding carboxylic acids is 2. The van der Waals surface area contributed by atoms with Gasteiger partial charge in [0.15, 0.2) is 0 Å². The minimum absolute atomic E-state index is 0.207. The maximum Gasteiger partial charge on any atom is 0.138 e. The Balaban J connectivity index is 2.75. The van der Waals surface area contributed by atoms with E-state index in [1.807, 2.05) is 18.2 Å². The largest absolute Gasteiger partial charge is 0.549 e. The van der Waals surface area contributed by atoms with E-state index < -0.39 is 11.9 Å². The topological polar surface area (TPSA) is 57.2 Å². The first-order valence-corrected chi connectivity index (χ1v) is 4.36. The third kappa shape index (κ3) is 2.69. The van der Waals surface area contributed by atoms with Crippen LogP contribution in [0.15, 0.2) is 30.3 Å². The summed E-state index contributed by atoms with van der Waals surface area (Å²) in [5, 5.41) is 10.6. The Labute approximate surface area is 82.4 Å². The zero-order chi connectivity index (χ0) is 10.6. The van der Waals surface area contributed by atoms with Gasteiger partial charge in [-0.2, -0.15) is 0 Å². The molecule has 0 aliphatic rings. The highest BCUT2D eigenvalue weighted by Gasteiger charge is 2.15. The van der Waals surface area contributed by atoms with E-state index in [9.17, 15) is 14.7 Å². The number of hydrogen-bond acceptors (Lipinski definition) is 3. The number of rotatable bonds is 4. The predicted molar refractivity (Wildman–Crippen MR) is 49.3 cm³/mol. The first-order chi connectivity index (χ1) is 6.61. The Bertz CT molecular complexity index is 316. The van der Waals surface area contributed by atoms with Gasteiger partial charge < -0.3 is 9.90 Å². The van der Waals surface area contributed by atoms with Gasteiger partial charge >= 0.3 is 0 Å². The molecule has 0 saturated carbocycles. The molecule has 14 heavy (non-hydrogen) atoms. The van der Waals surface area contributed by atoms with Gasteiger partial charge in [0.05, 0.1) is 11.9 Å². The van der Waals surface area contributed by atoms with Crippen LogP contribution in [0.1, 0.15) is 12.5 Å². The standard InChI is InChI=1S/C11H12O3/c1-8(12)10(11(13)14)7-9-5-3-2-4-6-9/h2-6,10H,7H2,1H3,(H,13,14)/p-1. The first-order valence-electron chi connectivity index (χ1n) is 4.36. The van der Waals surface area contributed by atoms with E-state index in [0.717, 1.165) is 5.56 Å². The van der Waals surface area contributed by atoms with Gasteiger partial charge in [0, 0.05) is 0 Å². The van der Waals surface area contributed by atoms with Crippen LogP contribution in [0.3, 0.4) is 0 Å². The monoisotopic (exact) mass is 191 g/mol. The second-order valence-electron chi connectivity index (χ2n) is 3.17. The van der Waals surface area contributed by atoms with Gasteiger partial charge in [-0.05, 0) is 18.9 Å². The molecule has 3 nitrogen and oxygen atoms in total. The Hall–Kier alpha value is -1.64. The smallest absolute Gasteiger partial charge is 0.138 e. The van der Waals surface area contributed by atoms with Crippen molar-refractivity contribution in [3.8, 4) is 0 Å². The summed E-state index contributed by atoms with van der Waals surface area (Å²) in [5.74, 6) is -2.70. The second-order valence-corrected chi connectivity index (χ2v) is 3.17. The molecule has 0 amide bonds. The van der Waals surface area contributed by atoms with Crippen molar-refractivity contribution < 1.29 is 14.7 Å². The highest BCUT2D eigenvalue weighted by atomic mass is 16.4. The number of ketones is 1.